The summed E-state index contributed by atoms with van der Waals surface area (Å²) in [4.78, 5) is 26.4. The zero-order valence-electron chi connectivity index (χ0n) is 16.6. The Bertz CT molecular complexity index is 573. The second-order valence-corrected chi connectivity index (χ2v) is 6.78. The highest BCUT2D eigenvalue weighted by atomic mass is 16.5. The average molecular weight is 377 g/mol. The number of likely N-dealkylation sites (tertiary alicyclic amines) is 1. The number of esters is 2. The van der Waals surface area contributed by atoms with E-state index in [0.29, 0.717) is 32.6 Å². The van der Waals surface area contributed by atoms with Gasteiger partial charge in [0.25, 0.3) is 0 Å². The molecule has 1 saturated heterocycles. The smallest absolute Gasteiger partial charge is 0.307 e. The molecular formula is C21H31NO5. The van der Waals surface area contributed by atoms with Crippen LogP contribution in [0.3, 0.4) is 0 Å². The van der Waals surface area contributed by atoms with Gasteiger partial charge in [-0.2, -0.15) is 0 Å². The molecule has 0 bridgehead atoms. The predicted octanol–water partition coefficient (Wildman–Crippen LogP) is 3.32. The number of hydrogen-bond donors (Lipinski definition) is 0. The lowest BCUT2D eigenvalue weighted by Crippen LogP contribution is -2.48. The van der Waals surface area contributed by atoms with Gasteiger partial charge in [0.1, 0.15) is 5.75 Å². The van der Waals surface area contributed by atoms with Gasteiger partial charge in [-0.3, -0.25) is 14.5 Å². The molecule has 0 spiro atoms. The summed E-state index contributed by atoms with van der Waals surface area (Å²) in [5.41, 5.74) is 1.13. The predicted molar refractivity (Wildman–Crippen MR) is 102 cm³/mol. The Hall–Kier alpha value is -2.08. The lowest BCUT2D eigenvalue weighted by Gasteiger charge is -2.41. The van der Waals surface area contributed by atoms with Crippen LogP contribution in [0.2, 0.25) is 0 Å². The second kappa shape index (κ2) is 10.9. The molecule has 0 aliphatic carbocycles. The molecule has 2 rings (SSSR count). The molecule has 2 atom stereocenters. The minimum absolute atomic E-state index is 0.0688. The van der Waals surface area contributed by atoms with Gasteiger partial charge in [0.15, 0.2) is 0 Å². The first-order valence-corrected chi connectivity index (χ1v) is 9.77. The van der Waals surface area contributed by atoms with Gasteiger partial charge in [0.2, 0.25) is 0 Å². The summed E-state index contributed by atoms with van der Waals surface area (Å²) in [6.07, 6.45) is 3.54. The number of benzene rings is 1. The minimum atomic E-state index is -0.181. The molecule has 27 heavy (non-hydrogen) atoms. The van der Waals surface area contributed by atoms with Crippen molar-refractivity contribution in [2.24, 2.45) is 0 Å². The molecule has 0 amide bonds. The Kier molecular flexibility index (Phi) is 8.58. The fourth-order valence-corrected chi connectivity index (χ4v) is 3.68. The van der Waals surface area contributed by atoms with Gasteiger partial charge >= 0.3 is 11.9 Å². The molecule has 2 unspecified atom stereocenters. The third kappa shape index (κ3) is 6.54. The molecule has 1 heterocycles. The van der Waals surface area contributed by atoms with Crippen molar-refractivity contribution in [2.75, 3.05) is 20.3 Å². The lowest BCUT2D eigenvalue weighted by atomic mass is 9.91. The largest absolute Gasteiger partial charge is 0.497 e. The van der Waals surface area contributed by atoms with Crippen LogP contribution in [-0.2, 0) is 25.6 Å². The van der Waals surface area contributed by atoms with Gasteiger partial charge in [-0.05, 0) is 44.4 Å². The van der Waals surface area contributed by atoms with E-state index in [4.69, 9.17) is 14.2 Å². The van der Waals surface area contributed by atoms with Crippen molar-refractivity contribution in [3.05, 3.63) is 29.8 Å². The molecule has 150 valence electrons. The van der Waals surface area contributed by atoms with Gasteiger partial charge in [-0.15, -0.1) is 0 Å². The van der Waals surface area contributed by atoms with Crippen LogP contribution in [0.25, 0.3) is 0 Å². The SMILES string of the molecule is CCOC(=O)CC1CCCC(CC(=O)OCC)N1Cc1ccc(OC)cc1. The Balaban J connectivity index is 2.15. The summed E-state index contributed by atoms with van der Waals surface area (Å²) in [5.74, 6) is 0.446. The standard InChI is InChI=1S/C21H31NO5/c1-4-26-20(23)13-17-7-6-8-18(14-21(24)27-5-2)22(17)15-16-9-11-19(25-3)12-10-16/h9-12,17-18H,4-8,13-15H2,1-3H3. The monoisotopic (exact) mass is 377 g/mol. The number of rotatable bonds is 9. The molecule has 0 radical (unpaired) electrons. The van der Waals surface area contributed by atoms with E-state index in [0.717, 1.165) is 30.6 Å². The molecule has 1 aromatic rings. The molecule has 0 saturated carbocycles. The number of hydrogen-bond acceptors (Lipinski definition) is 6. The normalized spacial score (nSPS) is 20.1. The highest BCUT2D eigenvalue weighted by molar-refractivity contribution is 5.71. The average Bonchev–Trinajstić information content (AvgIpc) is 2.65. The van der Waals surface area contributed by atoms with Crippen LogP contribution in [0.4, 0.5) is 0 Å². The van der Waals surface area contributed by atoms with Gasteiger partial charge in [0, 0.05) is 18.6 Å². The van der Waals surface area contributed by atoms with Crippen molar-refractivity contribution >= 4 is 11.9 Å². The van der Waals surface area contributed by atoms with E-state index >= 15 is 0 Å². The van der Waals surface area contributed by atoms with Crippen LogP contribution in [0.5, 0.6) is 5.75 Å². The van der Waals surface area contributed by atoms with Crippen molar-refractivity contribution in [1.29, 1.82) is 0 Å². The van der Waals surface area contributed by atoms with Crippen LogP contribution in [0.1, 0.15) is 51.5 Å². The minimum Gasteiger partial charge on any atom is -0.497 e. The van der Waals surface area contributed by atoms with E-state index in [-0.39, 0.29) is 24.0 Å². The first kappa shape index (κ1) is 21.2. The van der Waals surface area contributed by atoms with Gasteiger partial charge in [-0.1, -0.05) is 18.6 Å². The fraction of sp³-hybridized carbons (Fsp3) is 0.619. The summed E-state index contributed by atoms with van der Waals surface area (Å²) in [6.45, 7) is 5.08. The number of methoxy groups -OCH3 is 1. The van der Waals surface area contributed by atoms with Crippen LogP contribution < -0.4 is 4.74 Å². The summed E-state index contributed by atoms with van der Waals surface area (Å²) < 4.78 is 15.5. The number of ether oxygens (including phenoxy) is 3. The second-order valence-electron chi connectivity index (χ2n) is 6.78. The third-order valence-electron chi connectivity index (χ3n) is 4.95. The van der Waals surface area contributed by atoms with E-state index < -0.39 is 0 Å². The lowest BCUT2D eigenvalue weighted by molar-refractivity contribution is -0.146. The Morgan fingerprint density at radius 1 is 0.963 bits per heavy atom. The molecular weight excluding hydrogens is 346 g/mol. The maximum atomic E-state index is 12.1. The van der Waals surface area contributed by atoms with E-state index in [1.54, 1.807) is 7.11 Å². The Morgan fingerprint density at radius 2 is 1.48 bits per heavy atom. The summed E-state index contributed by atoms with van der Waals surface area (Å²) in [7, 11) is 1.64. The molecule has 1 aliphatic heterocycles. The van der Waals surface area contributed by atoms with Crippen LogP contribution in [-0.4, -0.2) is 49.2 Å². The molecule has 1 aromatic carbocycles. The van der Waals surface area contributed by atoms with Gasteiger partial charge < -0.3 is 14.2 Å². The topological polar surface area (TPSA) is 65.1 Å². The van der Waals surface area contributed by atoms with Crippen LogP contribution >= 0.6 is 0 Å². The number of carbonyl (C=O) groups is 2. The van der Waals surface area contributed by atoms with Crippen LogP contribution in [0.15, 0.2) is 24.3 Å². The number of nitrogens with zero attached hydrogens (tertiary/aromatic N) is 1. The molecule has 0 aromatic heterocycles. The zero-order valence-corrected chi connectivity index (χ0v) is 16.6. The van der Waals surface area contributed by atoms with Crippen molar-refractivity contribution in [3.8, 4) is 5.75 Å². The van der Waals surface area contributed by atoms with Crippen molar-refractivity contribution in [2.45, 2.75) is 64.6 Å². The van der Waals surface area contributed by atoms with E-state index in [2.05, 4.69) is 4.90 Å². The molecule has 1 fully saturated rings. The van der Waals surface area contributed by atoms with Crippen molar-refractivity contribution < 1.29 is 23.8 Å². The number of carbonyl (C=O) groups excluding carboxylic acids is 2. The third-order valence-corrected chi connectivity index (χ3v) is 4.95. The molecule has 6 heteroatoms. The van der Waals surface area contributed by atoms with E-state index in [1.165, 1.54) is 0 Å². The Morgan fingerprint density at radius 3 is 1.93 bits per heavy atom. The maximum Gasteiger partial charge on any atom is 0.307 e. The van der Waals surface area contributed by atoms with Crippen LogP contribution in [0, 0.1) is 0 Å². The van der Waals surface area contributed by atoms with Gasteiger partial charge in [-0.25, -0.2) is 0 Å². The molecule has 1 aliphatic rings. The van der Waals surface area contributed by atoms with E-state index in [1.807, 2.05) is 38.1 Å². The van der Waals surface area contributed by atoms with Crippen molar-refractivity contribution in [1.82, 2.24) is 4.90 Å². The molecule has 6 nitrogen and oxygen atoms in total. The summed E-state index contributed by atoms with van der Waals surface area (Å²) >= 11 is 0. The summed E-state index contributed by atoms with van der Waals surface area (Å²) in [6, 6.07) is 8.05. The molecule has 0 N–H and O–H groups in total. The zero-order chi connectivity index (χ0) is 19.6. The number of piperidine rings is 1. The highest BCUT2D eigenvalue weighted by Gasteiger charge is 2.33. The maximum absolute atomic E-state index is 12.1. The van der Waals surface area contributed by atoms with Crippen molar-refractivity contribution in [3.63, 3.8) is 0 Å². The first-order chi connectivity index (χ1) is 13.1. The quantitative estimate of drug-likeness (QED) is 0.615. The Labute approximate surface area is 161 Å². The first-order valence-electron chi connectivity index (χ1n) is 9.77. The highest BCUT2D eigenvalue weighted by Crippen LogP contribution is 2.29. The fourth-order valence-electron chi connectivity index (χ4n) is 3.68. The van der Waals surface area contributed by atoms with Gasteiger partial charge in [0.05, 0.1) is 33.2 Å². The summed E-state index contributed by atoms with van der Waals surface area (Å²) in [5, 5.41) is 0. The van der Waals surface area contributed by atoms with E-state index in [9.17, 15) is 9.59 Å².